The molecule has 0 spiro atoms. The number of rotatable bonds is 10. The fraction of sp³-hybridized carbons (Fsp3) is 0.182. The lowest BCUT2D eigenvalue weighted by Crippen LogP contribution is -2.42. The molecule has 0 radical (unpaired) electrons. The summed E-state index contributed by atoms with van der Waals surface area (Å²) in [6, 6.07) is 12.8. The number of allylic oxidation sites excluding steroid dienone is 1. The third-order valence-corrected chi connectivity index (χ3v) is 5.40. The lowest BCUT2D eigenvalue weighted by atomic mass is 10.2. The molecule has 2 N–H and O–H groups in total. The molecule has 2 aromatic carbocycles. The highest BCUT2D eigenvalue weighted by Crippen LogP contribution is 2.19. The molecule has 11 nitrogen and oxygen atoms in total. The van der Waals surface area contributed by atoms with Crippen molar-refractivity contribution in [3.05, 3.63) is 88.3 Å². The number of aromatic nitrogens is 3. The third kappa shape index (κ3) is 6.65. The van der Waals surface area contributed by atoms with E-state index in [1.54, 1.807) is 10.6 Å². The van der Waals surface area contributed by atoms with Gasteiger partial charge in [0.25, 0.3) is 11.6 Å². The summed E-state index contributed by atoms with van der Waals surface area (Å²) >= 11 is 1.13. The van der Waals surface area contributed by atoms with Gasteiger partial charge >= 0.3 is 0 Å². The first-order chi connectivity index (χ1) is 16.4. The Morgan fingerprint density at radius 2 is 2.00 bits per heavy atom. The molecule has 1 aromatic heterocycles. The monoisotopic (exact) mass is 482 g/mol. The second kappa shape index (κ2) is 11.6. The van der Waals surface area contributed by atoms with Gasteiger partial charge in [-0.3, -0.25) is 35.1 Å². The van der Waals surface area contributed by atoms with Crippen molar-refractivity contribution in [2.24, 2.45) is 0 Å². The SMILES string of the molecule is C=CCn1c(COc2cccc(C)c2)nnc1SCC(=O)NNC(=O)c1cccc([N+](=O)[O-])c1. The minimum Gasteiger partial charge on any atom is -0.486 e. The smallest absolute Gasteiger partial charge is 0.270 e. The van der Waals surface area contributed by atoms with Crippen molar-refractivity contribution in [3.8, 4) is 5.75 Å². The summed E-state index contributed by atoms with van der Waals surface area (Å²) in [5.74, 6) is 0.0647. The molecule has 0 bridgehead atoms. The van der Waals surface area contributed by atoms with Gasteiger partial charge in [-0.2, -0.15) is 0 Å². The van der Waals surface area contributed by atoms with Crippen LogP contribution < -0.4 is 15.6 Å². The Kier molecular flexibility index (Phi) is 8.35. The van der Waals surface area contributed by atoms with Gasteiger partial charge in [-0.05, 0) is 30.7 Å². The van der Waals surface area contributed by atoms with Gasteiger partial charge in [0.15, 0.2) is 11.0 Å². The van der Waals surface area contributed by atoms with Crippen LogP contribution in [0.4, 0.5) is 5.69 Å². The van der Waals surface area contributed by atoms with Crippen molar-refractivity contribution < 1.29 is 19.2 Å². The lowest BCUT2D eigenvalue weighted by Gasteiger charge is -2.10. The second-order valence-electron chi connectivity index (χ2n) is 7.00. The Bertz CT molecular complexity index is 1210. The lowest BCUT2D eigenvalue weighted by molar-refractivity contribution is -0.384. The van der Waals surface area contributed by atoms with Crippen LogP contribution in [0.5, 0.6) is 5.75 Å². The van der Waals surface area contributed by atoms with E-state index in [0.29, 0.717) is 23.3 Å². The normalized spacial score (nSPS) is 10.4. The Labute approximate surface area is 199 Å². The first-order valence-corrected chi connectivity index (χ1v) is 11.0. The van der Waals surface area contributed by atoms with Gasteiger partial charge in [-0.1, -0.05) is 36.0 Å². The number of nitrogens with one attached hydrogen (secondary N) is 2. The number of hydrogen-bond acceptors (Lipinski definition) is 8. The van der Waals surface area contributed by atoms with E-state index in [0.717, 1.165) is 23.4 Å². The number of non-ortho nitro benzene ring substituents is 1. The van der Waals surface area contributed by atoms with Gasteiger partial charge in [0, 0.05) is 24.2 Å². The van der Waals surface area contributed by atoms with Crippen LogP contribution >= 0.6 is 11.8 Å². The van der Waals surface area contributed by atoms with Crippen LogP contribution in [-0.2, 0) is 17.9 Å². The quantitative estimate of drug-likeness (QED) is 0.194. The molecule has 3 rings (SSSR count). The molecule has 2 amide bonds. The molecule has 34 heavy (non-hydrogen) atoms. The highest BCUT2D eigenvalue weighted by Gasteiger charge is 2.16. The van der Waals surface area contributed by atoms with Gasteiger partial charge in [0.05, 0.1) is 10.7 Å². The Balaban J connectivity index is 1.54. The Morgan fingerprint density at radius 1 is 1.21 bits per heavy atom. The minimum absolute atomic E-state index is 0.0473. The van der Waals surface area contributed by atoms with Crippen LogP contribution in [0, 0.1) is 17.0 Å². The standard InChI is InChI=1S/C22H22N6O5S/c1-3-10-27-19(13-33-18-9-4-6-15(2)11-18)23-26-22(27)34-14-20(29)24-25-21(30)16-7-5-8-17(12-16)28(31)32/h3-9,11-12H,1,10,13-14H2,2H3,(H,24,29)(H,25,30). The number of nitro groups is 1. The fourth-order valence-corrected chi connectivity index (χ4v) is 3.59. The molecule has 0 saturated carbocycles. The number of nitrogens with zero attached hydrogens (tertiary/aromatic N) is 4. The molecule has 0 aliphatic rings. The number of benzene rings is 2. The van der Waals surface area contributed by atoms with E-state index in [9.17, 15) is 19.7 Å². The molecule has 0 fully saturated rings. The van der Waals surface area contributed by atoms with E-state index in [1.165, 1.54) is 18.2 Å². The van der Waals surface area contributed by atoms with Crippen LogP contribution in [0.2, 0.25) is 0 Å². The van der Waals surface area contributed by atoms with Crippen molar-refractivity contribution in [1.82, 2.24) is 25.6 Å². The largest absolute Gasteiger partial charge is 0.486 e. The van der Waals surface area contributed by atoms with Crippen LogP contribution in [0.15, 0.2) is 66.3 Å². The zero-order chi connectivity index (χ0) is 24.5. The van der Waals surface area contributed by atoms with E-state index < -0.39 is 16.7 Å². The van der Waals surface area contributed by atoms with Crippen molar-refractivity contribution >= 4 is 29.3 Å². The van der Waals surface area contributed by atoms with Crippen molar-refractivity contribution in [1.29, 1.82) is 0 Å². The summed E-state index contributed by atoms with van der Waals surface area (Å²) in [5, 5.41) is 19.6. The molecule has 12 heteroatoms. The van der Waals surface area contributed by atoms with E-state index >= 15 is 0 Å². The van der Waals surface area contributed by atoms with E-state index in [2.05, 4.69) is 27.6 Å². The number of aryl methyl sites for hydroxylation is 1. The van der Waals surface area contributed by atoms with E-state index in [-0.39, 0.29) is 23.6 Å². The number of carbonyl (C=O) groups excluding carboxylic acids is 2. The molecule has 176 valence electrons. The fourth-order valence-electron chi connectivity index (χ4n) is 2.82. The van der Waals surface area contributed by atoms with Crippen LogP contribution in [0.25, 0.3) is 0 Å². The zero-order valence-electron chi connectivity index (χ0n) is 18.3. The number of thioether (sulfide) groups is 1. The summed E-state index contributed by atoms with van der Waals surface area (Å²) in [5.41, 5.74) is 5.41. The number of hydrogen-bond donors (Lipinski definition) is 2. The summed E-state index contributed by atoms with van der Waals surface area (Å²) in [6.07, 6.45) is 1.68. The maximum absolute atomic E-state index is 12.2. The van der Waals surface area contributed by atoms with Crippen molar-refractivity contribution in [3.63, 3.8) is 0 Å². The highest BCUT2D eigenvalue weighted by atomic mass is 32.2. The third-order valence-electron chi connectivity index (χ3n) is 4.43. The van der Waals surface area contributed by atoms with E-state index in [1.807, 2.05) is 31.2 Å². The van der Waals surface area contributed by atoms with Crippen LogP contribution in [0.1, 0.15) is 21.7 Å². The summed E-state index contributed by atoms with van der Waals surface area (Å²) in [6.45, 7) is 6.33. The van der Waals surface area contributed by atoms with Crippen LogP contribution in [0.3, 0.4) is 0 Å². The molecule has 1 heterocycles. The number of hydrazine groups is 1. The number of ether oxygens (including phenoxy) is 1. The number of amides is 2. The Hall–Kier alpha value is -4.19. The average Bonchev–Trinajstić information content (AvgIpc) is 3.21. The number of nitro benzene ring substituents is 1. The molecule has 0 aliphatic carbocycles. The van der Waals surface area contributed by atoms with Gasteiger partial charge < -0.3 is 4.74 Å². The van der Waals surface area contributed by atoms with Gasteiger partial charge in [0.1, 0.15) is 12.4 Å². The highest BCUT2D eigenvalue weighted by molar-refractivity contribution is 7.99. The summed E-state index contributed by atoms with van der Waals surface area (Å²) in [7, 11) is 0. The maximum atomic E-state index is 12.2. The summed E-state index contributed by atoms with van der Waals surface area (Å²) in [4.78, 5) is 34.6. The maximum Gasteiger partial charge on any atom is 0.270 e. The molecule has 0 unspecified atom stereocenters. The molecule has 0 saturated heterocycles. The average molecular weight is 483 g/mol. The van der Waals surface area contributed by atoms with Crippen LogP contribution in [-0.4, -0.2) is 37.3 Å². The Morgan fingerprint density at radius 3 is 2.74 bits per heavy atom. The molecular formula is C22H22N6O5S. The first kappa shape index (κ1) is 24.5. The molecule has 3 aromatic rings. The van der Waals surface area contributed by atoms with Crippen molar-refractivity contribution in [2.45, 2.75) is 25.2 Å². The van der Waals surface area contributed by atoms with Gasteiger partial charge in [0.2, 0.25) is 5.91 Å². The topological polar surface area (TPSA) is 141 Å². The summed E-state index contributed by atoms with van der Waals surface area (Å²) < 4.78 is 7.57. The van der Waals surface area contributed by atoms with Crippen molar-refractivity contribution in [2.75, 3.05) is 5.75 Å². The molecular weight excluding hydrogens is 460 g/mol. The zero-order valence-corrected chi connectivity index (χ0v) is 19.1. The van der Waals surface area contributed by atoms with E-state index in [4.69, 9.17) is 4.74 Å². The second-order valence-corrected chi connectivity index (χ2v) is 7.94. The predicted octanol–water partition coefficient (Wildman–Crippen LogP) is 2.81. The molecule has 0 aliphatic heterocycles. The predicted molar refractivity (Wildman–Crippen MR) is 125 cm³/mol. The molecule has 0 atom stereocenters. The van der Waals surface area contributed by atoms with Gasteiger partial charge in [-0.15, -0.1) is 16.8 Å². The van der Waals surface area contributed by atoms with Gasteiger partial charge in [-0.25, -0.2) is 0 Å². The first-order valence-electron chi connectivity index (χ1n) is 10.1. The minimum atomic E-state index is -0.674. The number of carbonyl (C=O) groups is 2.